The summed E-state index contributed by atoms with van der Waals surface area (Å²) >= 11 is 1.55. The van der Waals surface area contributed by atoms with E-state index in [1.807, 2.05) is 31.3 Å². The van der Waals surface area contributed by atoms with E-state index in [0.717, 1.165) is 27.1 Å². The number of anilines is 1. The van der Waals surface area contributed by atoms with Crippen LogP contribution in [0.1, 0.15) is 11.3 Å². The van der Waals surface area contributed by atoms with Crippen molar-refractivity contribution in [3.63, 3.8) is 0 Å². The smallest absolute Gasteiger partial charge is 0.214 e. The molecule has 98 valence electrons. The van der Waals surface area contributed by atoms with Gasteiger partial charge in [-0.15, -0.1) is 5.10 Å². The van der Waals surface area contributed by atoms with Gasteiger partial charge in [0.2, 0.25) is 10.1 Å². The highest BCUT2D eigenvalue weighted by atomic mass is 32.1. The summed E-state index contributed by atoms with van der Waals surface area (Å²) in [4.78, 5) is 5.28. The number of aryl methyl sites for hydroxylation is 1. The summed E-state index contributed by atoms with van der Waals surface area (Å²) in [5.74, 6) is 0.865. The topological polar surface area (TPSA) is 51.5 Å². The molecule has 0 radical (unpaired) electrons. The maximum absolute atomic E-state index is 5.20. The third-order valence-electron chi connectivity index (χ3n) is 2.74. The van der Waals surface area contributed by atoms with Gasteiger partial charge >= 0.3 is 0 Å². The van der Waals surface area contributed by atoms with Crippen molar-refractivity contribution in [2.24, 2.45) is 0 Å². The van der Waals surface area contributed by atoms with Crippen molar-refractivity contribution in [3.05, 3.63) is 41.7 Å². The molecule has 0 saturated carbocycles. The lowest BCUT2D eigenvalue weighted by Crippen LogP contribution is -1.99. The van der Waals surface area contributed by atoms with Crippen molar-refractivity contribution in [2.75, 3.05) is 12.4 Å². The van der Waals surface area contributed by atoms with Crippen LogP contribution in [0.4, 0.5) is 5.13 Å². The van der Waals surface area contributed by atoms with Gasteiger partial charge in [0, 0.05) is 6.54 Å². The molecule has 3 rings (SSSR count). The van der Waals surface area contributed by atoms with Crippen molar-refractivity contribution in [2.45, 2.75) is 13.5 Å². The molecule has 2 heterocycles. The molecule has 3 aromatic rings. The van der Waals surface area contributed by atoms with Gasteiger partial charge in [-0.2, -0.15) is 0 Å². The number of hydrogen-bond acceptors (Lipinski definition) is 5. The predicted octanol–water partition coefficient (Wildman–Crippen LogP) is 2.72. The first kappa shape index (κ1) is 12.0. The first-order valence-electron chi connectivity index (χ1n) is 5.94. The van der Waals surface area contributed by atoms with Crippen molar-refractivity contribution in [1.29, 1.82) is 0 Å². The van der Waals surface area contributed by atoms with Crippen LogP contribution in [0.25, 0.3) is 4.96 Å². The molecule has 0 unspecified atom stereocenters. The van der Waals surface area contributed by atoms with Crippen molar-refractivity contribution in [3.8, 4) is 5.75 Å². The second-order valence-electron chi connectivity index (χ2n) is 4.22. The SMILES string of the molecule is COc1cccc(CNc2nn3cc(C)nc3s2)c1. The van der Waals surface area contributed by atoms with Crippen LogP contribution in [0.2, 0.25) is 0 Å². The fourth-order valence-electron chi connectivity index (χ4n) is 1.84. The number of imidazole rings is 1. The third-order valence-corrected chi connectivity index (χ3v) is 3.62. The van der Waals surface area contributed by atoms with E-state index in [0.29, 0.717) is 6.54 Å². The monoisotopic (exact) mass is 274 g/mol. The molecule has 1 aromatic carbocycles. The zero-order chi connectivity index (χ0) is 13.2. The van der Waals surface area contributed by atoms with E-state index in [1.165, 1.54) is 0 Å². The quantitative estimate of drug-likeness (QED) is 0.794. The fourth-order valence-corrected chi connectivity index (χ4v) is 2.66. The number of nitrogens with one attached hydrogen (secondary N) is 1. The molecule has 1 N–H and O–H groups in total. The Morgan fingerprint density at radius 3 is 3.11 bits per heavy atom. The third kappa shape index (κ3) is 2.53. The Bertz CT molecular complexity index is 672. The van der Waals surface area contributed by atoms with Crippen LogP contribution in [-0.2, 0) is 6.54 Å². The van der Waals surface area contributed by atoms with Crippen LogP contribution < -0.4 is 10.1 Å². The molecule has 6 heteroatoms. The highest BCUT2D eigenvalue weighted by Gasteiger charge is 2.05. The predicted molar refractivity (Wildman–Crippen MR) is 75.9 cm³/mol. The number of aromatic nitrogens is 3. The van der Waals surface area contributed by atoms with Crippen LogP contribution in [0.15, 0.2) is 30.5 Å². The number of fused-ring (bicyclic) bond motifs is 1. The molecule has 0 bridgehead atoms. The van der Waals surface area contributed by atoms with Gasteiger partial charge in [0.15, 0.2) is 0 Å². The maximum Gasteiger partial charge on any atom is 0.214 e. The van der Waals surface area contributed by atoms with Gasteiger partial charge in [0.1, 0.15) is 5.75 Å². The largest absolute Gasteiger partial charge is 0.497 e. The molecule has 2 aromatic heterocycles. The summed E-state index contributed by atoms with van der Waals surface area (Å²) in [6.07, 6.45) is 1.92. The van der Waals surface area contributed by atoms with E-state index < -0.39 is 0 Å². The normalized spacial score (nSPS) is 10.8. The molecule has 19 heavy (non-hydrogen) atoms. The average molecular weight is 274 g/mol. The average Bonchev–Trinajstić information content (AvgIpc) is 2.93. The second kappa shape index (κ2) is 4.89. The Labute approximate surface area is 114 Å². The Hall–Kier alpha value is -2.08. The van der Waals surface area contributed by atoms with Gasteiger partial charge < -0.3 is 10.1 Å². The number of methoxy groups -OCH3 is 1. The minimum atomic E-state index is 0.715. The van der Waals surface area contributed by atoms with Gasteiger partial charge in [-0.3, -0.25) is 0 Å². The van der Waals surface area contributed by atoms with Crippen molar-refractivity contribution in [1.82, 2.24) is 14.6 Å². The minimum absolute atomic E-state index is 0.715. The second-order valence-corrected chi connectivity index (χ2v) is 5.18. The number of benzene rings is 1. The lowest BCUT2D eigenvalue weighted by Gasteiger charge is -2.04. The molecule has 0 aliphatic heterocycles. The van der Waals surface area contributed by atoms with E-state index >= 15 is 0 Å². The lowest BCUT2D eigenvalue weighted by molar-refractivity contribution is 0.414. The molecule has 0 saturated heterocycles. The molecule has 0 atom stereocenters. The summed E-state index contributed by atoms with van der Waals surface area (Å²) in [5, 5.41) is 8.59. The van der Waals surface area contributed by atoms with Gasteiger partial charge in [-0.25, -0.2) is 9.50 Å². The van der Waals surface area contributed by atoms with Crippen molar-refractivity contribution >= 4 is 21.4 Å². The molecule has 5 nitrogen and oxygen atoms in total. The molecule has 0 fully saturated rings. The van der Waals surface area contributed by atoms with Gasteiger partial charge in [0.05, 0.1) is 19.0 Å². The maximum atomic E-state index is 5.20. The summed E-state index contributed by atoms with van der Waals surface area (Å²) in [5.41, 5.74) is 2.14. The molecule has 0 aliphatic rings. The Kier molecular flexibility index (Phi) is 3.08. The zero-order valence-corrected chi connectivity index (χ0v) is 11.6. The molecule has 0 aliphatic carbocycles. The van der Waals surface area contributed by atoms with Gasteiger partial charge in [-0.1, -0.05) is 23.5 Å². The van der Waals surface area contributed by atoms with Crippen LogP contribution in [0.5, 0.6) is 5.75 Å². The number of rotatable bonds is 4. The number of hydrogen-bond donors (Lipinski definition) is 1. The summed E-state index contributed by atoms with van der Waals surface area (Å²) in [6, 6.07) is 7.98. The molecular weight excluding hydrogens is 260 g/mol. The number of ether oxygens (including phenoxy) is 1. The molecule has 0 spiro atoms. The van der Waals surface area contributed by atoms with Crippen LogP contribution in [-0.4, -0.2) is 21.7 Å². The lowest BCUT2D eigenvalue weighted by atomic mass is 10.2. The summed E-state index contributed by atoms with van der Waals surface area (Å²) in [7, 11) is 1.67. The minimum Gasteiger partial charge on any atom is -0.497 e. The standard InChI is InChI=1S/C13H14N4OS/c1-9-8-17-13(15-9)19-12(16-17)14-7-10-4-3-5-11(6-10)18-2/h3-6,8H,7H2,1-2H3,(H,14,16). The highest BCUT2D eigenvalue weighted by molar-refractivity contribution is 7.20. The Morgan fingerprint density at radius 1 is 1.42 bits per heavy atom. The van der Waals surface area contributed by atoms with Crippen molar-refractivity contribution < 1.29 is 4.74 Å². The molecular formula is C13H14N4OS. The van der Waals surface area contributed by atoms with Crippen LogP contribution in [0.3, 0.4) is 0 Å². The first-order chi connectivity index (χ1) is 9.24. The number of nitrogens with zero attached hydrogens (tertiary/aromatic N) is 3. The molecule has 0 amide bonds. The van der Waals surface area contributed by atoms with E-state index in [2.05, 4.69) is 21.5 Å². The zero-order valence-electron chi connectivity index (χ0n) is 10.8. The Morgan fingerprint density at radius 2 is 2.32 bits per heavy atom. The van der Waals surface area contributed by atoms with E-state index in [4.69, 9.17) is 4.74 Å². The first-order valence-corrected chi connectivity index (χ1v) is 6.76. The van der Waals surface area contributed by atoms with E-state index in [9.17, 15) is 0 Å². The van der Waals surface area contributed by atoms with E-state index in [1.54, 1.807) is 23.0 Å². The Balaban J connectivity index is 1.72. The van der Waals surface area contributed by atoms with Gasteiger partial charge in [0.25, 0.3) is 0 Å². The van der Waals surface area contributed by atoms with Gasteiger partial charge in [-0.05, 0) is 24.6 Å². The van der Waals surface area contributed by atoms with E-state index in [-0.39, 0.29) is 0 Å². The fraction of sp³-hybridized carbons (Fsp3) is 0.231. The summed E-state index contributed by atoms with van der Waals surface area (Å²) in [6.45, 7) is 2.68. The van der Waals surface area contributed by atoms with Crippen LogP contribution in [0, 0.1) is 6.92 Å². The summed E-state index contributed by atoms with van der Waals surface area (Å²) < 4.78 is 7.00. The highest BCUT2D eigenvalue weighted by Crippen LogP contribution is 2.20. The van der Waals surface area contributed by atoms with Crippen LogP contribution >= 0.6 is 11.3 Å².